The summed E-state index contributed by atoms with van der Waals surface area (Å²) in [6.07, 6.45) is 3.21. The molecule has 1 aliphatic rings. The van der Waals surface area contributed by atoms with Crippen molar-refractivity contribution in [1.82, 2.24) is 14.8 Å². The molecule has 0 N–H and O–H groups in total. The lowest BCUT2D eigenvalue weighted by molar-refractivity contribution is -0.211. The zero-order valence-corrected chi connectivity index (χ0v) is 19.1. The van der Waals surface area contributed by atoms with Gasteiger partial charge in [0.1, 0.15) is 5.82 Å². The first kappa shape index (κ1) is 23.8. The summed E-state index contributed by atoms with van der Waals surface area (Å²) in [6, 6.07) is 6.21. The first-order chi connectivity index (χ1) is 14.4. The van der Waals surface area contributed by atoms with E-state index in [9.17, 15) is 21.6 Å². The lowest BCUT2D eigenvalue weighted by Crippen LogP contribution is -2.35. The summed E-state index contributed by atoms with van der Waals surface area (Å²) in [5, 5.41) is 4.50. The number of alkyl halides is 3. The van der Waals surface area contributed by atoms with Gasteiger partial charge >= 0.3 is 6.18 Å². The average Bonchev–Trinajstić information content (AvgIpc) is 3.08. The quantitative estimate of drug-likeness (QED) is 0.555. The lowest BCUT2D eigenvalue weighted by atomic mass is 9.87. The van der Waals surface area contributed by atoms with Crippen LogP contribution >= 0.6 is 0 Å². The van der Waals surface area contributed by atoms with E-state index >= 15 is 0 Å². The third kappa shape index (κ3) is 5.87. The van der Waals surface area contributed by atoms with Crippen LogP contribution < -0.4 is 0 Å². The van der Waals surface area contributed by atoms with Gasteiger partial charge in [-0.1, -0.05) is 58.1 Å². The molecular formula is C22H30F3N3O2S. The van der Waals surface area contributed by atoms with Crippen LogP contribution in [-0.2, 0) is 22.8 Å². The predicted molar refractivity (Wildman–Crippen MR) is 113 cm³/mol. The van der Waals surface area contributed by atoms with Gasteiger partial charge in [-0.3, -0.25) is 0 Å². The second-order valence-electron chi connectivity index (χ2n) is 9.23. The van der Waals surface area contributed by atoms with Gasteiger partial charge in [-0.2, -0.15) is 18.3 Å². The molecule has 1 aliphatic carbocycles. The van der Waals surface area contributed by atoms with Crippen LogP contribution in [0.3, 0.4) is 0 Å². The minimum Gasteiger partial charge on any atom is -0.249 e. The van der Waals surface area contributed by atoms with E-state index in [4.69, 9.17) is 0 Å². The third-order valence-electron chi connectivity index (χ3n) is 6.11. The smallest absolute Gasteiger partial charge is 0.249 e. The van der Waals surface area contributed by atoms with Crippen LogP contribution in [0.15, 0.2) is 29.2 Å². The van der Waals surface area contributed by atoms with Crippen molar-refractivity contribution < 1.29 is 21.6 Å². The number of hydrogen-bond donors (Lipinski definition) is 0. The standard InChI is InChI=1S/C22H30F3N3O2S/c1-21(2,22(23,24)25)15-19-26-20(17-10-7-11-18(14-17)31(3,29)30)27-28(19)13-12-16-8-5-4-6-9-16/h7,10-11,14,16H,4-6,8-9,12-13,15H2,1-3H3. The summed E-state index contributed by atoms with van der Waals surface area (Å²) in [5.74, 6) is 1.08. The molecule has 0 amide bonds. The van der Waals surface area contributed by atoms with Gasteiger partial charge in [-0.25, -0.2) is 18.1 Å². The molecule has 0 aliphatic heterocycles. The molecule has 0 bridgehead atoms. The Morgan fingerprint density at radius 2 is 1.81 bits per heavy atom. The maximum atomic E-state index is 13.5. The van der Waals surface area contributed by atoms with Crippen molar-refractivity contribution in [2.45, 2.75) is 76.4 Å². The van der Waals surface area contributed by atoms with E-state index in [1.54, 1.807) is 16.8 Å². The highest BCUT2D eigenvalue weighted by atomic mass is 32.2. The van der Waals surface area contributed by atoms with Crippen LogP contribution in [0, 0.1) is 11.3 Å². The lowest BCUT2D eigenvalue weighted by Gasteiger charge is -2.27. The van der Waals surface area contributed by atoms with E-state index < -0.39 is 21.4 Å². The Balaban J connectivity index is 1.93. The van der Waals surface area contributed by atoms with Gasteiger partial charge in [0.2, 0.25) is 0 Å². The van der Waals surface area contributed by atoms with Crippen molar-refractivity contribution in [3.8, 4) is 11.4 Å². The van der Waals surface area contributed by atoms with Crippen molar-refractivity contribution in [2.24, 2.45) is 11.3 Å². The van der Waals surface area contributed by atoms with Crippen molar-refractivity contribution in [2.75, 3.05) is 6.26 Å². The largest absolute Gasteiger partial charge is 0.394 e. The molecule has 2 aromatic rings. The number of benzene rings is 1. The highest BCUT2D eigenvalue weighted by molar-refractivity contribution is 7.90. The van der Waals surface area contributed by atoms with Crippen molar-refractivity contribution >= 4 is 9.84 Å². The van der Waals surface area contributed by atoms with Gasteiger partial charge < -0.3 is 0 Å². The number of rotatable bonds is 7. The molecular weight excluding hydrogens is 427 g/mol. The highest BCUT2D eigenvalue weighted by Gasteiger charge is 2.48. The SMILES string of the molecule is CC(C)(Cc1nc(-c2cccc(S(C)(=O)=O)c2)nn1CCC1CCCCC1)C(F)(F)F. The van der Waals surface area contributed by atoms with Crippen molar-refractivity contribution in [1.29, 1.82) is 0 Å². The van der Waals surface area contributed by atoms with E-state index in [1.807, 2.05) is 0 Å². The fraction of sp³-hybridized carbons (Fsp3) is 0.636. The Kier molecular flexibility index (Phi) is 6.84. The zero-order chi connectivity index (χ0) is 22.9. The van der Waals surface area contributed by atoms with Crippen molar-refractivity contribution in [3.63, 3.8) is 0 Å². The average molecular weight is 458 g/mol. The van der Waals surface area contributed by atoms with Crippen LogP contribution in [-0.4, -0.2) is 35.6 Å². The normalized spacial score (nSPS) is 16.6. The van der Waals surface area contributed by atoms with E-state index in [0.717, 1.165) is 39.4 Å². The minimum absolute atomic E-state index is 0.126. The molecule has 9 heteroatoms. The van der Waals surface area contributed by atoms with Crippen LogP contribution in [0.4, 0.5) is 13.2 Å². The second kappa shape index (κ2) is 8.92. The molecule has 0 spiro atoms. The summed E-state index contributed by atoms with van der Waals surface area (Å²) in [5.41, 5.74) is -1.47. The molecule has 1 heterocycles. The summed E-state index contributed by atoms with van der Waals surface area (Å²) < 4.78 is 65.9. The van der Waals surface area contributed by atoms with E-state index in [0.29, 0.717) is 18.0 Å². The van der Waals surface area contributed by atoms with Crippen LogP contribution in [0.2, 0.25) is 0 Å². The molecule has 1 aromatic heterocycles. The van der Waals surface area contributed by atoms with Gasteiger partial charge in [-0.05, 0) is 24.5 Å². The summed E-state index contributed by atoms with van der Waals surface area (Å²) in [4.78, 5) is 4.55. The molecule has 172 valence electrons. The van der Waals surface area contributed by atoms with Crippen LogP contribution in [0.25, 0.3) is 11.4 Å². The summed E-state index contributed by atoms with van der Waals surface area (Å²) in [6.45, 7) is 2.83. The van der Waals surface area contributed by atoms with E-state index in [-0.39, 0.29) is 23.0 Å². The molecule has 1 fully saturated rings. The molecule has 0 unspecified atom stereocenters. The first-order valence-electron chi connectivity index (χ1n) is 10.7. The van der Waals surface area contributed by atoms with Crippen LogP contribution in [0.1, 0.15) is 58.2 Å². The fourth-order valence-electron chi connectivity index (χ4n) is 3.95. The Morgan fingerprint density at radius 1 is 1.13 bits per heavy atom. The van der Waals surface area contributed by atoms with Gasteiger partial charge in [0, 0.05) is 24.8 Å². The molecule has 0 radical (unpaired) electrons. The maximum Gasteiger partial charge on any atom is 0.394 e. The first-order valence-corrected chi connectivity index (χ1v) is 12.6. The summed E-state index contributed by atoms with van der Waals surface area (Å²) >= 11 is 0. The van der Waals surface area contributed by atoms with Gasteiger partial charge in [0.15, 0.2) is 15.7 Å². The number of hydrogen-bond acceptors (Lipinski definition) is 4. The molecule has 1 aromatic carbocycles. The number of aryl methyl sites for hydroxylation is 1. The fourth-order valence-corrected chi connectivity index (χ4v) is 4.62. The molecule has 1 saturated carbocycles. The predicted octanol–water partition coefficient (Wildman–Crippen LogP) is 5.45. The molecule has 5 nitrogen and oxygen atoms in total. The Labute approximate surface area is 182 Å². The summed E-state index contributed by atoms with van der Waals surface area (Å²) in [7, 11) is -3.42. The third-order valence-corrected chi connectivity index (χ3v) is 7.22. The Hall–Kier alpha value is -1.90. The molecule has 3 rings (SSSR count). The van der Waals surface area contributed by atoms with Crippen molar-refractivity contribution in [3.05, 3.63) is 30.1 Å². The Bertz CT molecular complexity index is 1010. The monoisotopic (exact) mass is 457 g/mol. The van der Waals surface area contributed by atoms with E-state index in [2.05, 4.69) is 10.1 Å². The highest BCUT2D eigenvalue weighted by Crippen LogP contribution is 2.40. The second-order valence-corrected chi connectivity index (χ2v) is 11.2. The number of halogens is 3. The number of aromatic nitrogens is 3. The van der Waals surface area contributed by atoms with Gasteiger partial charge in [0.25, 0.3) is 0 Å². The Morgan fingerprint density at radius 3 is 2.42 bits per heavy atom. The molecule has 31 heavy (non-hydrogen) atoms. The molecule has 0 atom stereocenters. The minimum atomic E-state index is -4.37. The zero-order valence-electron chi connectivity index (χ0n) is 18.2. The van der Waals surface area contributed by atoms with Crippen LogP contribution in [0.5, 0.6) is 0 Å². The maximum absolute atomic E-state index is 13.5. The number of sulfone groups is 1. The number of nitrogens with zero attached hydrogens (tertiary/aromatic N) is 3. The topological polar surface area (TPSA) is 64.8 Å². The van der Waals surface area contributed by atoms with Gasteiger partial charge in [0.05, 0.1) is 10.3 Å². The molecule has 0 saturated heterocycles. The van der Waals surface area contributed by atoms with E-state index in [1.165, 1.54) is 31.4 Å². The van der Waals surface area contributed by atoms with Gasteiger partial charge in [-0.15, -0.1) is 0 Å².